The van der Waals surface area contributed by atoms with Crippen molar-refractivity contribution in [3.8, 4) is 0 Å². The first-order chi connectivity index (χ1) is 28.3. The number of aliphatic hydroxyl groups excluding tert-OH is 1. The molecule has 11 heteroatoms. The van der Waals surface area contributed by atoms with E-state index in [-0.39, 0.29) is 32.2 Å². The predicted molar refractivity (Wildman–Crippen MR) is 242 cm³/mol. The topological polar surface area (TPSA) is 131 Å². The number of unbranched alkanes of at least 4 members (excludes halogenated alkanes) is 12. The van der Waals surface area contributed by atoms with Gasteiger partial charge >= 0.3 is 11.9 Å². The number of rotatable bonds is 40. The number of nitrogens with zero attached hydrogens (tertiary/aromatic N) is 1. The number of carbonyl (C=O) groups excluding carboxylic acids is 2. The van der Waals surface area contributed by atoms with Gasteiger partial charge in [0.15, 0.2) is 6.10 Å². The zero-order chi connectivity index (χ0) is 43.7. The number of allylic oxidation sites excluding steroid dienone is 12. The Morgan fingerprint density at radius 1 is 0.610 bits per heavy atom. The molecule has 0 radical (unpaired) electrons. The van der Waals surface area contributed by atoms with Gasteiger partial charge in [0.2, 0.25) is 0 Å². The molecule has 0 saturated carbocycles. The summed E-state index contributed by atoms with van der Waals surface area (Å²) in [5, 5.41) is 9.28. The Kier molecular flexibility index (Phi) is 37.8. The molecule has 10 nitrogen and oxygen atoms in total. The summed E-state index contributed by atoms with van der Waals surface area (Å²) in [5.41, 5.74) is 0. The fraction of sp³-hybridized carbons (Fsp3) is 0.708. The number of phosphoric ester groups is 1. The average Bonchev–Trinajstić information content (AvgIpc) is 3.17. The third-order valence-corrected chi connectivity index (χ3v) is 10.2. The first-order valence-corrected chi connectivity index (χ1v) is 24.1. The Labute approximate surface area is 360 Å². The third kappa shape index (κ3) is 44.8. The highest BCUT2D eigenvalue weighted by atomic mass is 31.2. The van der Waals surface area contributed by atoms with Crippen LogP contribution in [0.15, 0.2) is 72.9 Å². The van der Waals surface area contributed by atoms with Gasteiger partial charge in [0.1, 0.15) is 19.8 Å². The van der Waals surface area contributed by atoms with E-state index in [1.165, 1.54) is 44.9 Å². The average molecular weight is 850 g/mol. The van der Waals surface area contributed by atoms with Crippen molar-refractivity contribution in [1.82, 2.24) is 0 Å². The maximum Gasteiger partial charge on any atom is 0.306 e. The third-order valence-electron chi connectivity index (χ3n) is 9.22. The summed E-state index contributed by atoms with van der Waals surface area (Å²) in [6.45, 7) is 3.65. The number of hydrogen-bond donors (Lipinski definition) is 1. The molecular weight excluding hydrogens is 765 g/mol. The molecule has 0 saturated heterocycles. The standard InChI is InChI=1S/C48H84NO9P/c1-6-7-8-9-10-11-12-13-14-15-18-21-24-27-30-33-36-39-47(51)55-43-46(44-57-59(53,54)56-42-41-49(3,4)5)58-48(52)40-37-34-31-28-25-22-19-16-17-20-23-26-29-32-35-38-45(2)50/h10-11,13-14,17,19-20,22,26,28-29,31,45-46,50H,6-9,12,15-16,18,21,23-25,27,30,32-44H2,1-5H3/b11-10-,14-13-,20-17-,22-19-,29-26-,31-28-/t45-,46+/m0/s1. The minimum absolute atomic E-state index is 0.0517. The molecule has 3 atom stereocenters. The van der Waals surface area contributed by atoms with Crippen LogP contribution in [0.5, 0.6) is 0 Å². The van der Waals surface area contributed by atoms with Gasteiger partial charge < -0.3 is 33.0 Å². The maximum atomic E-state index is 12.7. The van der Waals surface area contributed by atoms with Crippen molar-refractivity contribution < 1.29 is 47.2 Å². The number of quaternary nitrogens is 1. The molecule has 0 aliphatic heterocycles. The summed E-state index contributed by atoms with van der Waals surface area (Å²) in [7, 11) is 1.09. The Hall–Kier alpha value is -2.59. The Bertz CT molecular complexity index is 1250. The second kappa shape index (κ2) is 39.5. The number of phosphoric acid groups is 1. The summed E-state index contributed by atoms with van der Waals surface area (Å²) in [6.07, 6.45) is 46.3. The van der Waals surface area contributed by atoms with E-state index in [4.69, 9.17) is 18.5 Å². The molecule has 0 aromatic rings. The molecule has 1 N–H and O–H groups in total. The number of aliphatic hydroxyl groups is 1. The number of likely N-dealkylation sites (N-methyl/N-ethyl adjacent to an activating group) is 1. The fourth-order valence-corrected chi connectivity index (χ4v) is 6.36. The Morgan fingerprint density at radius 3 is 1.59 bits per heavy atom. The first kappa shape index (κ1) is 56.4. The molecule has 0 heterocycles. The van der Waals surface area contributed by atoms with Gasteiger partial charge in [0.05, 0.1) is 33.9 Å². The molecule has 0 bridgehead atoms. The smallest absolute Gasteiger partial charge is 0.306 e. The minimum Gasteiger partial charge on any atom is -0.756 e. The van der Waals surface area contributed by atoms with E-state index < -0.39 is 32.5 Å². The van der Waals surface area contributed by atoms with Crippen molar-refractivity contribution in [2.24, 2.45) is 0 Å². The van der Waals surface area contributed by atoms with Gasteiger partial charge in [-0.1, -0.05) is 125 Å². The maximum absolute atomic E-state index is 12.7. The highest BCUT2D eigenvalue weighted by molar-refractivity contribution is 7.45. The quantitative estimate of drug-likeness (QED) is 0.0210. The van der Waals surface area contributed by atoms with Gasteiger partial charge in [-0.3, -0.25) is 14.2 Å². The van der Waals surface area contributed by atoms with E-state index in [2.05, 4.69) is 73.8 Å². The van der Waals surface area contributed by atoms with E-state index in [1.54, 1.807) is 0 Å². The summed E-state index contributed by atoms with van der Waals surface area (Å²) in [6, 6.07) is 0. The molecule has 0 rings (SSSR count). The molecule has 0 aliphatic carbocycles. The van der Waals surface area contributed by atoms with Gasteiger partial charge in [-0.2, -0.15) is 0 Å². The second-order valence-electron chi connectivity index (χ2n) is 16.3. The van der Waals surface area contributed by atoms with Crippen molar-refractivity contribution in [3.63, 3.8) is 0 Å². The molecular formula is C48H84NO9P. The summed E-state index contributed by atoms with van der Waals surface area (Å²) >= 11 is 0. The van der Waals surface area contributed by atoms with E-state index in [1.807, 2.05) is 34.1 Å². The van der Waals surface area contributed by atoms with Crippen molar-refractivity contribution >= 4 is 19.8 Å². The molecule has 0 amide bonds. The van der Waals surface area contributed by atoms with Crippen LogP contribution in [0.2, 0.25) is 0 Å². The van der Waals surface area contributed by atoms with E-state index in [0.29, 0.717) is 30.3 Å². The van der Waals surface area contributed by atoms with Gasteiger partial charge in [0.25, 0.3) is 7.82 Å². The summed E-state index contributed by atoms with van der Waals surface area (Å²) < 4.78 is 33.8. The fourth-order valence-electron chi connectivity index (χ4n) is 5.64. The highest BCUT2D eigenvalue weighted by Gasteiger charge is 2.21. The molecule has 0 fully saturated rings. The zero-order valence-corrected chi connectivity index (χ0v) is 38.7. The molecule has 0 spiro atoms. The summed E-state index contributed by atoms with van der Waals surface area (Å²) in [5.74, 6) is -0.932. The van der Waals surface area contributed by atoms with Crippen LogP contribution in [0.25, 0.3) is 0 Å². The molecule has 340 valence electrons. The zero-order valence-electron chi connectivity index (χ0n) is 37.8. The molecule has 0 aromatic heterocycles. The first-order valence-electron chi connectivity index (χ1n) is 22.7. The van der Waals surface area contributed by atoms with Crippen molar-refractivity contribution in [2.75, 3.05) is 47.5 Å². The number of esters is 2. The van der Waals surface area contributed by atoms with Crippen LogP contribution in [0.4, 0.5) is 0 Å². The molecule has 0 aromatic carbocycles. The minimum atomic E-state index is -4.65. The Balaban J connectivity index is 4.46. The van der Waals surface area contributed by atoms with Crippen LogP contribution in [0.1, 0.15) is 162 Å². The van der Waals surface area contributed by atoms with Crippen LogP contribution in [-0.2, 0) is 32.7 Å². The Morgan fingerprint density at radius 2 is 1.07 bits per heavy atom. The van der Waals surface area contributed by atoms with Gasteiger partial charge in [-0.25, -0.2) is 0 Å². The highest BCUT2D eigenvalue weighted by Crippen LogP contribution is 2.38. The monoisotopic (exact) mass is 850 g/mol. The summed E-state index contributed by atoms with van der Waals surface area (Å²) in [4.78, 5) is 37.5. The van der Waals surface area contributed by atoms with E-state index in [9.17, 15) is 24.2 Å². The van der Waals surface area contributed by atoms with E-state index >= 15 is 0 Å². The van der Waals surface area contributed by atoms with E-state index in [0.717, 1.165) is 70.6 Å². The van der Waals surface area contributed by atoms with Crippen LogP contribution in [-0.4, -0.2) is 81.2 Å². The largest absolute Gasteiger partial charge is 0.756 e. The lowest BCUT2D eigenvalue weighted by Crippen LogP contribution is -2.37. The van der Waals surface area contributed by atoms with Crippen LogP contribution >= 0.6 is 7.82 Å². The predicted octanol–water partition coefficient (Wildman–Crippen LogP) is 11.4. The van der Waals surface area contributed by atoms with Crippen LogP contribution < -0.4 is 4.89 Å². The van der Waals surface area contributed by atoms with Crippen LogP contribution in [0.3, 0.4) is 0 Å². The number of carbonyl (C=O) groups is 2. The van der Waals surface area contributed by atoms with Gasteiger partial charge in [0, 0.05) is 12.8 Å². The molecule has 1 unspecified atom stereocenters. The lowest BCUT2D eigenvalue weighted by molar-refractivity contribution is -0.870. The normalized spacial score (nSPS) is 14.8. The van der Waals surface area contributed by atoms with Gasteiger partial charge in [-0.05, 0) is 96.8 Å². The number of hydrogen-bond acceptors (Lipinski definition) is 9. The van der Waals surface area contributed by atoms with Crippen molar-refractivity contribution in [1.29, 1.82) is 0 Å². The van der Waals surface area contributed by atoms with Gasteiger partial charge in [-0.15, -0.1) is 0 Å². The second-order valence-corrected chi connectivity index (χ2v) is 17.7. The molecule has 0 aliphatic rings. The van der Waals surface area contributed by atoms with Crippen molar-refractivity contribution in [2.45, 2.75) is 174 Å². The number of ether oxygens (including phenoxy) is 2. The van der Waals surface area contributed by atoms with Crippen molar-refractivity contribution in [3.05, 3.63) is 72.9 Å². The lowest BCUT2D eigenvalue weighted by atomic mass is 10.1. The lowest BCUT2D eigenvalue weighted by Gasteiger charge is -2.28. The van der Waals surface area contributed by atoms with Crippen LogP contribution in [0, 0.1) is 0 Å². The molecule has 59 heavy (non-hydrogen) atoms. The SMILES string of the molecule is CCCCC/C=C\C/C=C\CCCCCCCCCC(=O)OC[C@H](COP(=O)([O-])OCC[N+](C)(C)C)OC(=O)CCC/C=C\C/C=C\C/C=C\C/C=C\CCC[C@H](C)O.